The summed E-state index contributed by atoms with van der Waals surface area (Å²) in [7, 11) is 2.03. The molecule has 0 amide bonds. The molecular formula is C12H17N5S. The molecule has 96 valence electrons. The van der Waals surface area contributed by atoms with E-state index in [0.29, 0.717) is 12.0 Å². The van der Waals surface area contributed by atoms with Crippen molar-refractivity contribution in [3.05, 3.63) is 34.7 Å². The fourth-order valence-electron chi connectivity index (χ4n) is 1.70. The molecule has 0 fully saturated rings. The van der Waals surface area contributed by atoms with E-state index in [0.717, 1.165) is 12.2 Å². The molecule has 0 aliphatic heterocycles. The lowest BCUT2D eigenvalue weighted by Gasteiger charge is -2.25. The number of rotatable bonds is 5. The van der Waals surface area contributed by atoms with Gasteiger partial charge in [0.1, 0.15) is 5.82 Å². The summed E-state index contributed by atoms with van der Waals surface area (Å²) in [5.74, 6) is 6.61. The lowest BCUT2D eigenvalue weighted by Crippen LogP contribution is -2.31. The van der Waals surface area contributed by atoms with Crippen LogP contribution in [-0.4, -0.2) is 23.1 Å². The maximum absolute atomic E-state index is 5.31. The van der Waals surface area contributed by atoms with Crippen molar-refractivity contribution in [2.45, 2.75) is 19.4 Å². The lowest BCUT2D eigenvalue weighted by molar-refractivity contribution is 0.679. The molecule has 2 rings (SSSR count). The predicted molar refractivity (Wildman–Crippen MR) is 75.7 cm³/mol. The number of nitrogens with one attached hydrogen (secondary N) is 1. The van der Waals surface area contributed by atoms with Gasteiger partial charge in [-0.05, 0) is 24.4 Å². The Balaban J connectivity index is 2.07. The van der Waals surface area contributed by atoms with Crippen LogP contribution in [-0.2, 0) is 6.42 Å². The summed E-state index contributed by atoms with van der Waals surface area (Å²) in [6, 6.07) is 6.48. The first-order valence-corrected chi connectivity index (χ1v) is 6.63. The van der Waals surface area contributed by atoms with Gasteiger partial charge < -0.3 is 4.90 Å². The Kier molecular flexibility index (Phi) is 4.11. The van der Waals surface area contributed by atoms with E-state index in [1.54, 1.807) is 17.5 Å². The van der Waals surface area contributed by atoms with E-state index in [1.807, 2.05) is 13.1 Å². The molecule has 5 nitrogen and oxygen atoms in total. The molecule has 0 aliphatic carbocycles. The number of hydrogen-bond donors (Lipinski definition) is 2. The Hall–Kier alpha value is -1.66. The predicted octanol–water partition coefficient (Wildman–Crippen LogP) is 1.89. The fourth-order valence-corrected chi connectivity index (χ4v) is 2.52. The Morgan fingerprint density at radius 1 is 1.50 bits per heavy atom. The van der Waals surface area contributed by atoms with Crippen LogP contribution in [0, 0.1) is 0 Å². The quantitative estimate of drug-likeness (QED) is 0.637. The zero-order valence-corrected chi connectivity index (χ0v) is 11.3. The summed E-state index contributed by atoms with van der Waals surface area (Å²) in [5.41, 5.74) is 2.46. The van der Waals surface area contributed by atoms with Gasteiger partial charge >= 0.3 is 0 Å². The Labute approximate surface area is 111 Å². The van der Waals surface area contributed by atoms with E-state index < -0.39 is 0 Å². The minimum atomic E-state index is 0.365. The second-order valence-electron chi connectivity index (χ2n) is 4.13. The maximum Gasteiger partial charge on any atom is 0.239 e. The Morgan fingerprint density at radius 3 is 3.00 bits per heavy atom. The summed E-state index contributed by atoms with van der Waals surface area (Å²) < 4.78 is 0. The highest BCUT2D eigenvalue weighted by Crippen LogP contribution is 2.18. The van der Waals surface area contributed by atoms with E-state index in [9.17, 15) is 0 Å². The first kappa shape index (κ1) is 12.8. The van der Waals surface area contributed by atoms with Crippen molar-refractivity contribution in [2.75, 3.05) is 17.4 Å². The molecule has 1 unspecified atom stereocenters. The smallest absolute Gasteiger partial charge is 0.239 e. The highest BCUT2D eigenvalue weighted by Gasteiger charge is 2.13. The average molecular weight is 263 g/mol. The number of anilines is 2. The molecule has 1 atom stereocenters. The molecule has 0 saturated carbocycles. The van der Waals surface area contributed by atoms with E-state index in [4.69, 9.17) is 5.84 Å². The fraction of sp³-hybridized carbons (Fsp3) is 0.333. The van der Waals surface area contributed by atoms with Crippen molar-refractivity contribution < 1.29 is 0 Å². The van der Waals surface area contributed by atoms with Crippen molar-refractivity contribution in [3.63, 3.8) is 0 Å². The molecule has 0 radical (unpaired) electrons. The van der Waals surface area contributed by atoms with Gasteiger partial charge in [-0.2, -0.15) is 4.98 Å². The number of aromatic nitrogens is 2. The van der Waals surface area contributed by atoms with Crippen LogP contribution >= 0.6 is 11.3 Å². The van der Waals surface area contributed by atoms with Crippen LogP contribution in [0.15, 0.2) is 29.8 Å². The molecule has 0 bridgehead atoms. The SMILES string of the molecule is CC(Cc1cccs1)N(C)c1ccnc(NN)n1. The van der Waals surface area contributed by atoms with Crippen molar-refractivity contribution in [1.29, 1.82) is 0 Å². The van der Waals surface area contributed by atoms with Gasteiger partial charge in [-0.15, -0.1) is 11.3 Å². The van der Waals surface area contributed by atoms with Crippen LogP contribution in [0.5, 0.6) is 0 Å². The second kappa shape index (κ2) is 5.79. The standard InChI is InChI=1S/C12H17N5S/c1-9(8-10-4-3-7-18-10)17(2)11-5-6-14-12(15-11)16-13/h3-7,9H,8,13H2,1-2H3,(H,14,15,16). The summed E-state index contributed by atoms with van der Waals surface area (Å²) in [4.78, 5) is 11.8. The van der Waals surface area contributed by atoms with Crippen molar-refractivity contribution in [3.8, 4) is 0 Å². The van der Waals surface area contributed by atoms with Gasteiger partial charge in [-0.3, -0.25) is 5.43 Å². The lowest BCUT2D eigenvalue weighted by atomic mass is 10.2. The first-order valence-electron chi connectivity index (χ1n) is 5.75. The first-order chi connectivity index (χ1) is 8.70. The monoisotopic (exact) mass is 263 g/mol. The molecule has 0 saturated heterocycles. The molecule has 0 spiro atoms. The third kappa shape index (κ3) is 2.96. The minimum Gasteiger partial charge on any atom is -0.356 e. The molecule has 6 heteroatoms. The molecule has 0 aliphatic rings. The van der Waals surface area contributed by atoms with Crippen molar-refractivity contribution >= 4 is 23.1 Å². The van der Waals surface area contributed by atoms with Gasteiger partial charge in [-0.1, -0.05) is 6.07 Å². The minimum absolute atomic E-state index is 0.365. The molecule has 2 heterocycles. The number of hydrogen-bond acceptors (Lipinski definition) is 6. The zero-order valence-electron chi connectivity index (χ0n) is 10.5. The van der Waals surface area contributed by atoms with Crippen LogP contribution in [0.25, 0.3) is 0 Å². The normalized spacial score (nSPS) is 12.2. The number of nitrogens with zero attached hydrogens (tertiary/aromatic N) is 3. The number of thiophene rings is 1. The van der Waals surface area contributed by atoms with E-state index >= 15 is 0 Å². The van der Waals surface area contributed by atoms with Gasteiger partial charge in [0.25, 0.3) is 0 Å². The summed E-state index contributed by atoms with van der Waals surface area (Å²) in [5, 5.41) is 2.10. The number of hydrazine groups is 1. The van der Waals surface area contributed by atoms with Gasteiger partial charge in [0, 0.05) is 30.6 Å². The molecule has 2 aromatic rings. The Morgan fingerprint density at radius 2 is 2.33 bits per heavy atom. The van der Waals surface area contributed by atoms with Gasteiger partial charge in [-0.25, -0.2) is 10.8 Å². The largest absolute Gasteiger partial charge is 0.356 e. The molecular weight excluding hydrogens is 246 g/mol. The number of nitrogen functional groups attached to an aromatic ring is 1. The average Bonchev–Trinajstić information content (AvgIpc) is 2.90. The van der Waals surface area contributed by atoms with E-state index in [-0.39, 0.29) is 0 Å². The van der Waals surface area contributed by atoms with Gasteiger partial charge in [0.15, 0.2) is 0 Å². The van der Waals surface area contributed by atoms with Gasteiger partial charge in [0.2, 0.25) is 5.95 Å². The van der Waals surface area contributed by atoms with Crippen LogP contribution in [0.4, 0.5) is 11.8 Å². The van der Waals surface area contributed by atoms with E-state index in [1.165, 1.54) is 4.88 Å². The highest BCUT2D eigenvalue weighted by atomic mass is 32.1. The second-order valence-corrected chi connectivity index (χ2v) is 5.16. The molecule has 2 aromatic heterocycles. The third-order valence-electron chi connectivity index (χ3n) is 2.87. The summed E-state index contributed by atoms with van der Waals surface area (Å²) in [6.07, 6.45) is 2.70. The van der Waals surface area contributed by atoms with Crippen LogP contribution in [0.3, 0.4) is 0 Å². The molecule has 18 heavy (non-hydrogen) atoms. The topological polar surface area (TPSA) is 67.1 Å². The number of nitrogens with two attached hydrogens (primary N) is 1. The van der Waals surface area contributed by atoms with Crippen molar-refractivity contribution in [1.82, 2.24) is 9.97 Å². The van der Waals surface area contributed by atoms with Crippen LogP contribution in [0.1, 0.15) is 11.8 Å². The number of likely N-dealkylation sites (N-methyl/N-ethyl adjacent to an activating group) is 1. The molecule has 3 N–H and O–H groups in total. The zero-order chi connectivity index (χ0) is 13.0. The third-order valence-corrected chi connectivity index (χ3v) is 3.77. The summed E-state index contributed by atoms with van der Waals surface area (Å²) >= 11 is 1.78. The Bertz CT molecular complexity index is 485. The summed E-state index contributed by atoms with van der Waals surface area (Å²) in [6.45, 7) is 2.18. The van der Waals surface area contributed by atoms with Crippen LogP contribution < -0.4 is 16.2 Å². The maximum atomic E-state index is 5.31. The van der Waals surface area contributed by atoms with E-state index in [2.05, 4.69) is 44.7 Å². The molecule has 0 aromatic carbocycles. The van der Waals surface area contributed by atoms with Gasteiger partial charge in [0.05, 0.1) is 0 Å². The van der Waals surface area contributed by atoms with Crippen LogP contribution in [0.2, 0.25) is 0 Å². The highest BCUT2D eigenvalue weighted by molar-refractivity contribution is 7.09. The van der Waals surface area contributed by atoms with Crippen molar-refractivity contribution in [2.24, 2.45) is 5.84 Å².